The number of Topliss-reactive ketones (excluding diaryl/α,β-unsaturated/α-hetero) is 1. The van der Waals surface area contributed by atoms with Gasteiger partial charge < -0.3 is 5.11 Å². The predicted octanol–water partition coefficient (Wildman–Crippen LogP) is 5.15. The van der Waals surface area contributed by atoms with Gasteiger partial charge in [0.25, 0.3) is 0 Å². The zero-order valence-electron chi connectivity index (χ0n) is 16.8. The van der Waals surface area contributed by atoms with E-state index in [4.69, 9.17) is 0 Å². The fourth-order valence-electron chi connectivity index (χ4n) is 7.21. The molecule has 4 aliphatic rings. The van der Waals surface area contributed by atoms with Crippen LogP contribution < -0.4 is 0 Å². The fraction of sp³-hybridized carbons (Fsp3) is 0.870. The summed E-state index contributed by atoms with van der Waals surface area (Å²) in [5.74, 6) is 2.73. The van der Waals surface area contributed by atoms with Crippen molar-refractivity contribution in [3.63, 3.8) is 0 Å². The van der Waals surface area contributed by atoms with Crippen LogP contribution in [0.5, 0.6) is 0 Å². The first-order chi connectivity index (χ1) is 11.6. The molecule has 2 heteroatoms. The molecule has 25 heavy (non-hydrogen) atoms. The maximum atomic E-state index is 13.3. The Morgan fingerprint density at radius 1 is 1.08 bits per heavy atom. The second-order valence-corrected chi connectivity index (χ2v) is 11.1. The Labute approximate surface area is 153 Å². The molecule has 0 aromatic heterocycles. The molecule has 0 aromatic carbocycles. The van der Waals surface area contributed by atoms with Crippen LogP contribution in [0, 0.1) is 39.9 Å². The minimum atomic E-state index is -0.136. The summed E-state index contributed by atoms with van der Waals surface area (Å²) in [5.41, 5.74) is 1.79. The molecule has 0 saturated heterocycles. The summed E-state index contributed by atoms with van der Waals surface area (Å²) in [6.45, 7) is 11.5. The Morgan fingerprint density at radius 3 is 2.44 bits per heavy atom. The zero-order valence-corrected chi connectivity index (χ0v) is 16.8. The van der Waals surface area contributed by atoms with E-state index in [1.54, 1.807) is 0 Å². The molecule has 0 heterocycles. The molecule has 3 fully saturated rings. The maximum absolute atomic E-state index is 13.3. The van der Waals surface area contributed by atoms with Gasteiger partial charge in [-0.25, -0.2) is 0 Å². The number of ketones is 1. The minimum absolute atomic E-state index is 0.0848. The number of carbonyl (C=O) groups excluding carboxylic acids is 1. The number of aliphatic hydroxyl groups is 1. The Morgan fingerprint density at radius 2 is 1.76 bits per heavy atom. The first-order valence-corrected chi connectivity index (χ1v) is 10.5. The van der Waals surface area contributed by atoms with Gasteiger partial charge in [-0.1, -0.05) is 46.3 Å². The van der Waals surface area contributed by atoms with Crippen LogP contribution in [0.4, 0.5) is 0 Å². The molecule has 0 aromatic rings. The lowest BCUT2D eigenvalue weighted by atomic mass is 9.48. The van der Waals surface area contributed by atoms with E-state index in [0.29, 0.717) is 23.5 Å². The normalized spacial score (nSPS) is 49.9. The quantitative estimate of drug-likeness (QED) is 0.617. The Bertz CT molecular complexity index is 612. The van der Waals surface area contributed by atoms with Gasteiger partial charge in [0.15, 0.2) is 0 Å². The molecule has 1 N–H and O–H groups in total. The van der Waals surface area contributed by atoms with E-state index in [9.17, 15) is 9.90 Å². The van der Waals surface area contributed by atoms with E-state index in [1.807, 2.05) is 0 Å². The largest absolute Gasteiger partial charge is 0.393 e. The number of aliphatic hydroxyl groups excluding tert-OH is 1. The zero-order chi connectivity index (χ0) is 18.2. The molecule has 4 aliphatic carbocycles. The first kappa shape index (κ1) is 17.8. The number of hydrogen-bond donors (Lipinski definition) is 1. The van der Waals surface area contributed by atoms with Gasteiger partial charge in [-0.15, -0.1) is 0 Å². The van der Waals surface area contributed by atoms with Crippen molar-refractivity contribution in [1.29, 1.82) is 0 Å². The van der Waals surface area contributed by atoms with E-state index >= 15 is 0 Å². The summed E-state index contributed by atoms with van der Waals surface area (Å²) in [7, 11) is 0. The van der Waals surface area contributed by atoms with Gasteiger partial charge in [-0.2, -0.15) is 0 Å². The van der Waals surface area contributed by atoms with Crippen LogP contribution in [0.3, 0.4) is 0 Å². The van der Waals surface area contributed by atoms with Gasteiger partial charge in [0.1, 0.15) is 5.78 Å². The van der Waals surface area contributed by atoms with Crippen LogP contribution in [0.2, 0.25) is 0 Å². The summed E-state index contributed by atoms with van der Waals surface area (Å²) in [6, 6.07) is 0. The fourth-order valence-corrected chi connectivity index (χ4v) is 7.21. The molecule has 3 saturated carbocycles. The first-order valence-electron chi connectivity index (χ1n) is 10.5. The van der Waals surface area contributed by atoms with Crippen molar-refractivity contribution >= 4 is 5.78 Å². The molecule has 0 spiro atoms. The molecule has 0 amide bonds. The minimum Gasteiger partial charge on any atom is -0.393 e. The number of fused-ring (bicyclic) bond motifs is 5. The topological polar surface area (TPSA) is 37.3 Å². The monoisotopic (exact) mass is 344 g/mol. The predicted molar refractivity (Wildman–Crippen MR) is 101 cm³/mol. The maximum Gasteiger partial charge on any atom is 0.142 e. The van der Waals surface area contributed by atoms with Crippen LogP contribution in [0.1, 0.15) is 79.6 Å². The van der Waals surface area contributed by atoms with Crippen LogP contribution >= 0.6 is 0 Å². The summed E-state index contributed by atoms with van der Waals surface area (Å²) in [4.78, 5) is 13.3. The van der Waals surface area contributed by atoms with E-state index in [0.717, 1.165) is 38.5 Å². The van der Waals surface area contributed by atoms with E-state index in [2.05, 4.69) is 40.7 Å². The number of allylic oxidation sites excluding steroid dienone is 1. The van der Waals surface area contributed by atoms with Crippen molar-refractivity contribution in [3.8, 4) is 0 Å². The van der Waals surface area contributed by atoms with Gasteiger partial charge in [0.2, 0.25) is 0 Å². The van der Waals surface area contributed by atoms with Crippen molar-refractivity contribution in [2.45, 2.75) is 85.7 Å². The summed E-state index contributed by atoms with van der Waals surface area (Å²) < 4.78 is 0. The van der Waals surface area contributed by atoms with Crippen molar-refractivity contribution in [1.82, 2.24) is 0 Å². The molecule has 7 atom stereocenters. The average molecular weight is 345 g/mol. The highest BCUT2D eigenvalue weighted by Crippen LogP contribution is 2.65. The second-order valence-electron chi connectivity index (χ2n) is 11.1. The lowest BCUT2D eigenvalue weighted by Gasteiger charge is -2.56. The molecule has 2 nitrogen and oxygen atoms in total. The third-order valence-corrected chi connectivity index (χ3v) is 8.88. The van der Waals surface area contributed by atoms with Gasteiger partial charge >= 0.3 is 0 Å². The van der Waals surface area contributed by atoms with Crippen LogP contribution in [-0.2, 0) is 4.79 Å². The van der Waals surface area contributed by atoms with Gasteiger partial charge in [-0.3, -0.25) is 4.79 Å². The number of carbonyl (C=O) groups is 1. The molecule has 140 valence electrons. The Balaban J connectivity index is 1.68. The molecular weight excluding hydrogens is 308 g/mol. The van der Waals surface area contributed by atoms with Crippen molar-refractivity contribution in [2.75, 3.05) is 0 Å². The molecule has 2 unspecified atom stereocenters. The van der Waals surface area contributed by atoms with Crippen molar-refractivity contribution < 1.29 is 9.90 Å². The molecule has 0 radical (unpaired) electrons. The van der Waals surface area contributed by atoms with Crippen LogP contribution in [0.15, 0.2) is 11.6 Å². The highest BCUT2D eigenvalue weighted by molar-refractivity contribution is 5.90. The Hall–Kier alpha value is -0.630. The van der Waals surface area contributed by atoms with Gasteiger partial charge in [0, 0.05) is 11.3 Å². The highest BCUT2D eigenvalue weighted by atomic mass is 16.3. The van der Waals surface area contributed by atoms with Gasteiger partial charge in [0.05, 0.1) is 6.10 Å². The highest BCUT2D eigenvalue weighted by Gasteiger charge is 2.62. The number of rotatable bonds is 0. The van der Waals surface area contributed by atoms with Crippen LogP contribution in [0.25, 0.3) is 0 Å². The van der Waals surface area contributed by atoms with Crippen molar-refractivity contribution in [3.05, 3.63) is 11.6 Å². The third kappa shape index (κ3) is 2.42. The van der Waals surface area contributed by atoms with E-state index in [1.165, 1.54) is 12.0 Å². The van der Waals surface area contributed by atoms with Gasteiger partial charge in [-0.05, 0) is 73.5 Å². The van der Waals surface area contributed by atoms with Crippen molar-refractivity contribution in [2.24, 2.45) is 39.9 Å². The third-order valence-electron chi connectivity index (χ3n) is 8.88. The second kappa shape index (κ2) is 5.44. The van der Waals surface area contributed by atoms with E-state index in [-0.39, 0.29) is 28.3 Å². The number of hydrogen-bond acceptors (Lipinski definition) is 2. The molecule has 0 bridgehead atoms. The SMILES string of the molecule is CC(C)(C)C1C[C@H]2[C@@H]3CC=C4CC(O)CC[C@]4(C)[C@H]3CC[C@]2(C)C1=O. The lowest BCUT2D eigenvalue weighted by Crippen LogP contribution is -2.50. The van der Waals surface area contributed by atoms with Crippen LogP contribution in [-0.4, -0.2) is 17.0 Å². The Kier molecular flexibility index (Phi) is 3.87. The summed E-state index contributed by atoms with van der Waals surface area (Å²) >= 11 is 0. The molecule has 4 rings (SSSR count). The summed E-state index contributed by atoms with van der Waals surface area (Å²) in [6.07, 6.45) is 9.79. The van der Waals surface area contributed by atoms with E-state index < -0.39 is 0 Å². The molecular formula is C23H36O2. The average Bonchev–Trinajstić information content (AvgIpc) is 2.80. The summed E-state index contributed by atoms with van der Waals surface area (Å²) in [5, 5.41) is 10.1. The smallest absolute Gasteiger partial charge is 0.142 e. The standard InChI is InChI=1S/C23H36O2/c1-21(2,3)19-13-18-16-7-6-14-12-15(24)8-10-22(14,4)17(16)9-11-23(18,5)20(19)25/h6,15-19,24H,7-13H2,1-5H3/t15?,16-,17+,18+,19?,22+,23+/m1/s1. The lowest BCUT2D eigenvalue weighted by molar-refractivity contribution is -0.136. The molecule has 0 aliphatic heterocycles.